The van der Waals surface area contributed by atoms with Crippen LogP contribution >= 0.6 is 0 Å². The van der Waals surface area contributed by atoms with Crippen LogP contribution in [0.1, 0.15) is 37.9 Å². The van der Waals surface area contributed by atoms with E-state index in [0.29, 0.717) is 18.7 Å². The van der Waals surface area contributed by atoms with Crippen LogP contribution in [0.2, 0.25) is 0 Å². The van der Waals surface area contributed by atoms with Gasteiger partial charge < -0.3 is 5.32 Å². The topological polar surface area (TPSA) is 66.5 Å². The molecule has 0 aromatic heterocycles. The molecule has 2 rings (SSSR count). The molecule has 150 valence electrons. The largest absolute Gasteiger partial charge is 0.346 e. The summed E-state index contributed by atoms with van der Waals surface area (Å²) in [4.78, 5) is 12.3. The van der Waals surface area contributed by atoms with Gasteiger partial charge in [0.25, 0.3) is 0 Å². The molecule has 0 radical (unpaired) electrons. The van der Waals surface area contributed by atoms with E-state index in [2.05, 4.69) is 5.32 Å². The second-order valence-electron chi connectivity index (χ2n) is 6.24. The van der Waals surface area contributed by atoms with Gasteiger partial charge in [-0.3, -0.25) is 4.79 Å². The fourth-order valence-electron chi connectivity index (χ4n) is 2.76. The van der Waals surface area contributed by atoms with Crippen LogP contribution in [-0.4, -0.2) is 31.7 Å². The van der Waals surface area contributed by atoms with Crippen molar-refractivity contribution in [1.82, 2.24) is 9.62 Å². The summed E-state index contributed by atoms with van der Waals surface area (Å²) in [6.07, 6.45) is 2.69. The van der Waals surface area contributed by atoms with E-state index in [1.807, 2.05) is 0 Å². The Morgan fingerprint density at radius 2 is 1.71 bits per heavy atom. The smallest absolute Gasteiger partial charge is 0.244 e. The highest BCUT2D eigenvalue weighted by atomic mass is 32.2. The van der Waals surface area contributed by atoms with Gasteiger partial charge in [0.05, 0.1) is 10.9 Å². The fraction of sp³-hybridized carbons (Fsp3) is 0.286. The van der Waals surface area contributed by atoms with Crippen molar-refractivity contribution >= 4 is 22.0 Å². The maximum Gasteiger partial charge on any atom is 0.244 e. The minimum Gasteiger partial charge on any atom is -0.346 e. The van der Waals surface area contributed by atoms with Gasteiger partial charge in [-0.1, -0.05) is 44.2 Å². The van der Waals surface area contributed by atoms with Crippen molar-refractivity contribution in [2.45, 2.75) is 31.7 Å². The second kappa shape index (κ2) is 9.61. The Morgan fingerprint density at radius 3 is 2.29 bits per heavy atom. The minimum atomic E-state index is -3.51. The standard InChI is InChI=1S/C21H25FN2O3S/c1-4-24(5-2)28(26,27)19-13-10-17(11-14-19)16(3)23-21(25)15-12-18-8-6-7-9-20(18)22/h6-16H,4-5H2,1-3H3,(H,23,25)/b15-12+/t16-/m0/s1. The predicted molar refractivity (Wildman–Crippen MR) is 109 cm³/mol. The van der Waals surface area contributed by atoms with E-state index in [4.69, 9.17) is 0 Å². The van der Waals surface area contributed by atoms with Crippen molar-refractivity contribution in [3.05, 3.63) is 71.6 Å². The number of nitrogens with one attached hydrogen (secondary N) is 1. The average Bonchev–Trinajstić information content (AvgIpc) is 2.68. The predicted octanol–water partition coefficient (Wildman–Crippen LogP) is 3.75. The lowest BCUT2D eigenvalue weighted by atomic mass is 10.1. The van der Waals surface area contributed by atoms with E-state index >= 15 is 0 Å². The van der Waals surface area contributed by atoms with Gasteiger partial charge in [0.15, 0.2) is 0 Å². The van der Waals surface area contributed by atoms with Crippen molar-refractivity contribution in [1.29, 1.82) is 0 Å². The van der Waals surface area contributed by atoms with Gasteiger partial charge in [-0.2, -0.15) is 4.31 Å². The zero-order valence-electron chi connectivity index (χ0n) is 16.2. The molecule has 28 heavy (non-hydrogen) atoms. The number of carbonyl (C=O) groups excluding carboxylic acids is 1. The Morgan fingerprint density at radius 1 is 1.11 bits per heavy atom. The van der Waals surface area contributed by atoms with Crippen molar-refractivity contribution in [2.24, 2.45) is 0 Å². The lowest BCUT2D eigenvalue weighted by Crippen LogP contribution is -2.30. The Labute approximate surface area is 165 Å². The first-order valence-corrected chi connectivity index (χ1v) is 10.6. The number of hydrogen-bond donors (Lipinski definition) is 1. The zero-order chi connectivity index (χ0) is 20.7. The lowest BCUT2D eigenvalue weighted by Gasteiger charge is -2.19. The van der Waals surface area contributed by atoms with Crippen LogP contribution in [0.3, 0.4) is 0 Å². The molecule has 1 atom stereocenters. The molecule has 0 heterocycles. The van der Waals surface area contributed by atoms with Crippen molar-refractivity contribution in [3.8, 4) is 0 Å². The third-order valence-electron chi connectivity index (χ3n) is 4.40. The third kappa shape index (κ3) is 5.27. The summed E-state index contributed by atoms with van der Waals surface area (Å²) >= 11 is 0. The maximum absolute atomic E-state index is 13.6. The summed E-state index contributed by atoms with van der Waals surface area (Å²) in [6.45, 7) is 6.19. The number of sulfonamides is 1. The summed E-state index contributed by atoms with van der Waals surface area (Å²) in [5, 5.41) is 2.78. The van der Waals surface area contributed by atoms with Gasteiger partial charge >= 0.3 is 0 Å². The van der Waals surface area contributed by atoms with E-state index in [1.54, 1.807) is 63.2 Å². The first-order chi connectivity index (χ1) is 13.3. The van der Waals surface area contributed by atoms with Gasteiger partial charge in [0.2, 0.25) is 15.9 Å². The number of benzene rings is 2. The molecule has 2 aromatic carbocycles. The van der Waals surface area contributed by atoms with Crippen molar-refractivity contribution in [3.63, 3.8) is 0 Å². The molecule has 1 amide bonds. The van der Waals surface area contributed by atoms with Crippen molar-refractivity contribution < 1.29 is 17.6 Å². The van der Waals surface area contributed by atoms with E-state index in [-0.39, 0.29) is 16.8 Å². The summed E-state index contributed by atoms with van der Waals surface area (Å²) in [5.74, 6) is -0.764. The van der Waals surface area contributed by atoms with E-state index < -0.39 is 15.8 Å². The molecule has 0 aliphatic carbocycles. The number of halogens is 1. The highest BCUT2D eigenvalue weighted by Gasteiger charge is 2.21. The number of nitrogens with zero attached hydrogens (tertiary/aromatic N) is 1. The molecule has 7 heteroatoms. The Bertz CT molecular complexity index is 936. The molecule has 0 saturated heterocycles. The highest BCUT2D eigenvalue weighted by molar-refractivity contribution is 7.89. The second-order valence-corrected chi connectivity index (χ2v) is 8.18. The molecule has 0 aliphatic heterocycles. The molecular weight excluding hydrogens is 379 g/mol. The summed E-state index contributed by atoms with van der Waals surface area (Å²) < 4.78 is 40.0. The average molecular weight is 405 g/mol. The maximum atomic E-state index is 13.6. The van der Waals surface area contributed by atoms with Crippen LogP contribution in [0, 0.1) is 5.82 Å². The normalized spacial score (nSPS) is 13.0. The molecule has 1 N–H and O–H groups in total. The van der Waals surface area contributed by atoms with Gasteiger partial charge in [-0.05, 0) is 36.8 Å². The molecule has 0 aliphatic rings. The number of carbonyl (C=O) groups is 1. The first-order valence-electron chi connectivity index (χ1n) is 9.12. The quantitative estimate of drug-likeness (QED) is 0.682. The summed E-state index contributed by atoms with van der Waals surface area (Å²) in [5.41, 5.74) is 1.10. The van der Waals surface area contributed by atoms with E-state index in [0.717, 1.165) is 5.56 Å². The van der Waals surface area contributed by atoms with Crippen LogP contribution in [0.5, 0.6) is 0 Å². The van der Waals surface area contributed by atoms with E-state index in [9.17, 15) is 17.6 Å². The van der Waals surface area contributed by atoms with E-state index in [1.165, 1.54) is 22.5 Å². The summed E-state index contributed by atoms with van der Waals surface area (Å²) in [7, 11) is -3.51. The summed E-state index contributed by atoms with van der Waals surface area (Å²) in [6, 6.07) is 12.3. The number of amides is 1. The first kappa shape index (κ1) is 21.8. The van der Waals surface area contributed by atoms with Crippen LogP contribution in [0.4, 0.5) is 4.39 Å². The molecular formula is C21H25FN2O3S. The Balaban J connectivity index is 2.06. The Kier molecular flexibility index (Phi) is 7.48. The third-order valence-corrected chi connectivity index (χ3v) is 6.47. The fourth-order valence-corrected chi connectivity index (χ4v) is 4.22. The molecule has 0 fully saturated rings. The van der Waals surface area contributed by atoms with Gasteiger partial charge in [-0.15, -0.1) is 0 Å². The molecule has 0 spiro atoms. The van der Waals surface area contributed by atoms with Crippen molar-refractivity contribution in [2.75, 3.05) is 13.1 Å². The number of rotatable bonds is 8. The molecule has 0 unspecified atom stereocenters. The minimum absolute atomic E-state index is 0.220. The molecule has 0 bridgehead atoms. The van der Waals surface area contributed by atoms with Crippen LogP contribution < -0.4 is 5.32 Å². The molecule has 2 aromatic rings. The molecule has 0 saturated carbocycles. The monoisotopic (exact) mass is 404 g/mol. The van der Waals surface area contributed by atoms with Crippen LogP contribution in [-0.2, 0) is 14.8 Å². The zero-order valence-corrected chi connectivity index (χ0v) is 17.0. The Hall–Kier alpha value is -2.51. The van der Waals surface area contributed by atoms with Crippen LogP contribution in [0.15, 0.2) is 59.5 Å². The van der Waals surface area contributed by atoms with Gasteiger partial charge in [0.1, 0.15) is 5.82 Å². The lowest BCUT2D eigenvalue weighted by molar-refractivity contribution is -0.117. The van der Waals surface area contributed by atoms with Crippen LogP contribution in [0.25, 0.3) is 6.08 Å². The SMILES string of the molecule is CCN(CC)S(=O)(=O)c1ccc([C@H](C)NC(=O)/C=C/c2ccccc2F)cc1. The number of hydrogen-bond acceptors (Lipinski definition) is 3. The van der Waals surface area contributed by atoms with Gasteiger partial charge in [-0.25, -0.2) is 12.8 Å². The molecule has 5 nitrogen and oxygen atoms in total. The highest BCUT2D eigenvalue weighted by Crippen LogP contribution is 2.19. The van der Waals surface area contributed by atoms with Gasteiger partial charge in [0, 0.05) is 24.7 Å².